The Morgan fingerprint density at radius 3 is 1.45 bits per heavy atom. The van der Waals surface area contributed by atoms with Gasteiger partial charge in [-0.15, -0.1) is 11.3 Å². The Morgan fingerprint density at radius 2 is 0.844 bits per heavy atom. The highest BCUT2D eigenvalue weighted by molar-refractivity contribution is 7.26. The van der Waals surface area contributed by atoms with Gasteiger partial charge in [0.05, 0.1) is 16.7 Å². The zero-order valence-corrected chi connectivity index (χ0v) is 36.1. The van der Waals surface area contributed by atoms with E-state index in [2.05, 4.69) is 188 Å². The van der Waals surface area contributed by atoms with Crippen molar-refractivity contribution < 1.29 is 0 Å². The third-order valence-corrected chi connectivity index (χ3v) is 13.6. The molecule has 0 saturated heterocycles. The highest BCUT2D eigenvalue weighted by Gasteiger charge is 2.22. The summed E-state index contributed by atoms with van der Waals surface area (Å²) in [7, 11) is 0. The third-order valence-electron chi connectivity index (χ3n) is 12.4. The summed E-state index contributed by atoms with van der Waals surface area (Å²) in [4.78, 5) is 15.8. The standard InChI is InChI=1S/C59H40N4S/c1-37-14-11-20-41(32-37)43-26-29-52-49(34-43)50-35-44(42-21-12-15-38(2)33-42)27-30-53(50)63(52)54-31-28-45(46-23-13-24-48-47-22-9-10-25-55(47)64-56(46)48)36-51(54)59-61-57(39-16-5-3-6-17-39)60-58(62-59)40-18-7-4-8-19-40/h3-36H,1-2H3. The molecule has 0 radical (unpaired) electrons. The summed E-state index contributed by atoms with van der Waals surface area (Å²) in [5, 5.41) is 4.90. The molecule has 0 aliphatic heterocycles. The van der Waals surface area contributed by atoms with Crippen LogP contribution in [0.25, 0.3) is 115 Å². The predicted molar refractivity (Wildman–Crippen MR) is 269 cm³/mol. The molecule has 0 N–H and O–H groups in total. The molecule has 0 spiro atoms. The van der Waals surface area contributed by atoms with Crippen LogP contribution in [0, 0.1) is 13.8 Å². The minimum absolute atomic E-state index is 0.607. The van der Waals surface area contributed by atoms with Gasteiger partial charge >= 0.3 is 0 Å². The van der Waals surface area contributed by atoms with Gasteiger partial charge in [0.15, 0.2) is 17.5 Å². The first-order valence-electron chi connectivity index (χ1n) is 21.7. The van der Waals surface area contributed by atoms with Crippen LogP contribution in [-0.4, -0.2) is 19.5 Å². The average molecular weight is 837 g/mol. The van der Waals surface area contributed by atoms with Crippen LogP contribution in [0.3, 0.4) is 0 Å². The van der Waals surface area contributed by atoms with Crippen LogP contribution in [-0.2, 0) is 0 Å². The first-order chi connectivity index (χ1) is 31.5. The molecule has 0 unspecified atom stereocenters. The largest absolute Gasteiger partial charge is 0.308 e. The lowest BCUT2D eigenvalue weighted by Crippen LogP contribution is -2.04. The van der Waals surface area contributed by atoms with Gasteiger partial charge in [-0.2, -0.15) is 0 Å². The van der Waals surface area contributed by atoms with Crippen molar-refractivity contribution in [2.75, 3.05) is 0 Å². The number of rotatable bonds is 7. The molecule has 0 saturated carbocycles. The molecule has 9 aromatic carbocycles. The lowest BCUT2D eigenvalue weighted by atomic mass is 9.99. The van der Waals surface area contributed by atoms with Crippen molar-refractivity contribution in [1.29, 1.82) is 0 Å². The summed E-state index contributed by atoms with van der Waals surface area (Å²) >= 11 is 1.84. The van der Waals surface area contributed by atoms with Gasteiger partial charge in [-0.05, 0) is 89.7 Å². The highest BCUT2D eigenvalue weighted by atomic mass is 32.1. The number of aryl methyl sites for hydroxylation is 2. The highest BCUT2D eigenvalue weighted by Crippen LogP contribution is 2.44. The Morgan fingerprint density at radius 1 is 0.344 bits per heavy atom. The molecule has 0 aliphatic carbocycles. The fourth-order valence-corrected chi connectivity index (χ4v) is 10.5. The topological polar surface area (TPSA) is 43.6 Å². The maximum absolute atomic E-state index is 5.35. The number of hydrogen-bond donors (Lipinski definition) is 0. The van der Waals surface area contributed by atoms with Gasteiger partial charge in [0.2, 0.25) is 0 Å². The van der Waals surface area contributed by atoms with Crippen molar-refractivity contribution in [3.05, 3.63) is 217 Å². The van der Waals surface area contributed by atoms with E-state index in [-0.39, 0.29) is 0 Å². The van der Waals surface area contributed by atoms with E-state index in [4.69, 9.17) is 15.0 Å². The molecule has 0 atom stereocenters. The molecule has 64 heavy (non-hydrogen) atoms. The van der Waals surface area contributed by atoms with Crippen LogP contribution < -0.4 is 0 Å². The number of fused-ring (bicyclic) bond motifs is 6. The smallest absolute Gasteiger partial charge is 0.166 e. The van der Waals surface area contributed by atoms with E-state index in [0.29, 0.717) is 17.5 Å². The Balaban J connectivity index is 1.16. The Hall–Kier alpha value is -7.99. The Labute approximate surface area is 375 Å². The molecule has 4 nitrogen and oxygen atoms in total. The van der Waals surface area contributed by atoms with E-state index in [1.165, 1.54) is 69.9 Å². The first kappa shape index (κ1) is 37.7. The number of aromatic nitrogens is 4. The van der Waals surface area contributed by atoms with Crippen LogP contribution >= 0.6 is 11.3 Å². The zero-order chi connectivity index (χ0) is 42.7. The molecule has 3 heterocycles. The zero-order valence-electron chi connectivity index (χ0n) is 35.3. The minimum Gasteiger partial charge on any atom is -0.308 e. The van der Waals surface area contributed by atoms with E-state index in [1.54, 1.807) is 0 Å². The normalized spacial score (nSPS) is 11.6. The maximum Gasteiger partial charge on any atom is 0.166 e. The summed E-state index contributed by atoms with van der Waals surface area (Å²) in [6, 6.07) is 74.0. The number of nitrogens with zero attached hydrogens (tertiary/aromatic N) is 4. The Kier molecular flexibility index (Phi) is 9.09. The number of thiophene rings is 1. The van der Waals surface area contributed by atoms with E-state index in [9.17, 15) is 0 Å². The first-order valence-corrected chi connectivity index (χ1v) is 22.5. The molecule has 5 heteroatoms. The molecule has 302 valence electrons. The summed E-state index contributed by atoms with van der Waals surface area (Å²) in [6.45, 7) is 4.31. The van der Waals surface area contributed by atoms with Crippen molar-refractivity contribution in [2.45, 2.75) is 13.8 Å². The fourth-order valence-electron chi connectivity index (χ4n) is 9.27. The second-order valence-electron chi connectivity index (χ2n) is 16.6. The molecular formula is C59H40N4S. The molecule has 12 rings (SSSR count). The number of benzene rings is 9. The van der Waals surface area contributed by atoms with Crippen LogP contribution in [0.15, 0.2) is 206 Å². The van der Waals surface area contributed by atoms with E-state index in [1.807, 2.05) is 47.7 Å². The predicted octanol–water partition coefficient (Wildman–Crippen LogP) is 16.0. The molecule has 0 bridgehead atoms. The second kappa shape index (κ2) is 15.4. The average Bonchev–Trinajstić information content (AvgIpc) is 3.89. The van der Waals surface area contributed by atoms with Crippen molar-refractivity contribution >= 4 is 53.3 Å². The lowest BCUT2D eigenvalue weighted by Gasteiger charge is -2.17. The van der Waals surface area contributed by atoms with Crippen molar-refractivity contribution in [3.63, 3.8) is 0 Å². The maximum atomic E-state index is 5.35. The summed E-state index contributed by atoms with van der Waals surface area (Å²) < 4.78 is 4.95. The van der Waals surface area contributed by atoms with Gasteiger partial charge in [-0.25, -0.2) is 15.0 Å². The van der Waals surface area contributed by atoms with Crippen LogP contribution in [0.5, 0.6) is 0 Å². The number of hydrogen-bond acceptors (Lipinski definition) is 4. The second-order valence-corrected chi connectivity index (χ2v) is 17.6. The van der Waals surface area contributed by atoms with Gasteiger partial charge in [-0.1, -0.05) is 175 Å². The van der Waals surface area contributed by atoms with E-state index < -0.39 is 0 Å². The Bertz CT molecular complexity index is 3590. The summed E-state index contributed by atoms with van der Waals surface area (Å²) in [5.74, 6) is 1.86. The minimum atomic E-state index is 0.607. The van der Waals surface area contributed by atoms with Gasteiger partial charge in [0.25, 0.3) is 0 Å². The molecule has 12 aromatic rings. The van der Waals surface area contributed by atoms with Crippen molar-refractivity contribution in [3.8, 4) is 73.2 Å². The van der Waals surface area contributed by atoms with E-state index in [0.717, 1.165) is 39.0 Å². The van der Waals surface area contributed by atoms with Gasteiger partial charge in [0, 0.05) is 47.6 Å². The fraction of sp³-hybridized carbons (Fsp3) is 0.0339. The molecular weight excluding hydrogens is 797 g/mol. The summed E-state index contributed by atoms with van der Waals surface area (Å²) in [5.41, 5.74) is 15.5. The van der Waals surface area contributed by atoms with E-state index >= 15 is 0 Å². The van der Waals surface area contributed by atoms with Gasteiger partial charge in [0.1, 0.15) is 0 Å². The van der Waals surface area contributed by atoms with Crippen LogP contribution in [0.4, 0.5) is 0 Å². The van der Waals surface area contributed by atoms with Crippen LogP contribution in [0.2, 0.25) is 0 Å². The molecule has 0 fully saturated rings. The van der Waals surface area contributed by atoms with Crippen LogP contribution in [0.1, 0.15) is 11.1 Å². The van der Waals surface area contributed by atoms with Crippen molar-refractivity contribution in [2.24, 2.45) is 0 Å². The van der Waals surface area contributed by atoms with Gasteiger partial charge in [-0.3, -0.25) is 0 Å². The lowest BCUT2D eigenvalue weighted by molar-refractivity contribution is 1.06. The molecule has 3 aromatic heterocycles. The SMILES string of the molecule is Cc1cccc(-c2ccc3c(c2)c2cc(-c4cccc(C)c4)ccc2n3-c2ccc(-c3cccc4c3sc3ccccc34)cc2-c2nc(-c3ccccc3)nc(-c3ccccc3)n2)c1. The van der Waals surface area contributed by atoms with Gasteiger partial charge < -0.3 is 4.57 Å². The molecule has 0 amide bonds. The molecule has 0 aliphatic rings. The monoisotopic (exact) mass is 836 g/mol. The van der Waals surface area contributed by atoms with Crippen molar-refractivity contribution in [1.82, 2.24) is 19.5 Å². The summed E-state index contributed by atoms with van der Waals surface area (Å²) in [6.07, 6.45) is 0. The third kappa shape index (κ3) is 6.57. The quantitative estimate of drug-likeness (QED) is 0.161.